The fourth-order valence-corrected chi connectivity index (χ4v) is 6.14. The lowest BCUT2D eigenvalue weighted by Gasteiger charge is -2.36. The highest BCUT2D eigenvalue weighted by atomic mass is 35.5. The quantitative estimate of drug-likeness (QED) is 0.165. The average molecular weight is 734 g/mol. The molecule has 49 heavy (non-hydrogen) atoms. The van der Waals surface area contributed by atoms with Crippen molar-refractivity contribution in [1.29, 1.82) is 0 Å². The van der Waals surface area contributed by atoms with E-state index in [0.717, 1.165) is 16.8 Å². The van der Waals surface area contributed by atoms with E-state index in [0.29, 0.717) is 23.6 Å². The van der Waals surface area contributed by atoms with Crippen LogP contribution in [0.3, 0.4) is 0 Å². The normalized spacial score (nSPS) is 13.5. The lowest BCUT2D eigenvalue weighted by atomic mass is 10.1. The first-order valence-corrected chi connectivity index (χ1v) is 22.8. The number of ether oxygens (including phenoxy) is 2. The first-order chi connectivity index (χ1) is 22.0. The van der Waals surface area contributed by atoms with Crippen LogP contribution < -0.4 is 4.90 Å². The molecule has 0 aliphatic rings. The predicted octanol–water partition coefficient (Wildman–Crippen LogP) is 10.2. The standard InChI is InChI=1S/C35H56ClN5O6Si2/c1-32(2,3)46-30(42)41(31(43)47-33(4,5)6)29-38-27(36)26-28(39-29)40(22-37-26)25-18-23(20-44-48(13,14)34(7,8)9)17-24(19-25)21-45-49(15,16)35(10,11)12/h17-19,22H,20-21H2,1-16H3. The van der Waals surface area contributed by atoms with Gasteiger partial charge in [0.15, 0.2) is 27.4 Å². The van der Waals surface area contributed by atoms with Crippen molar-refractivity contribution in [3.63, 3.8) is 0 Å². The van der Waals surface area contributed by atoms with Gasteiger partial charge in [0.2, 0.25) is 5.95 Å². The number of anilines is 1. The molecule has 0 radical (unpaired) electrons. The van der Waals surface area contributed by atoms with Crippen molar-refractivity contribution >= 4 is 57.5 Å². The van der Waals surface area contributed by atoms with E-state index in [-0.39, 0.29) is 26.8 Å². The molecule has 0 bridgehead atoms. The molecule has 0 spiro atoms. The molecule has 11 nitrogen and oxygen atoms in total. The van der Waals surface area contributed by atoms with Crippen molar-refractivity contribution in [3.8, 4) is 5.69 Å². The number of carbonyl (C=O) groups excluding carboxylic acids is 2. The molecular weight excluding hydrogens is 678 g/mol. The minimum atomic E-state index is -2.06. The number of rotatable bonds is 8. The maximum Gasteiger partial charge on any atom is 0.427 e. The Morgan fingerprint density at radius 2 is 1.16 bits per heavy atom. The fourth-order valence-electron chi connectivity index (χ4n) is 4.01. The number of imide groups is 1. The molecule has 0 unspecified atom stereocenters. The third kappa shape index (κ3) is 10.3. The van der Waals surface area contributed by atoms with Crippen LogP contribution in [0.25, 0.3) is 16.9 Å². The number of hydrogen-bond donors (Lipinski definition) is 0. The second-order valence-corrected chi connectivity index (χ2v) is 27.5. The Hall–Kier alpha value is -2.85. The first-order valence-electron chi connectivity index (χ1n) is 16.6. The molecule has 0 aliphatic carbocycles. The number of halogens is 1. The van der Waals surface area contributed by atoms with Crippen LogP contribution in [0.2, 0.25) is 41.4 Å². The summed E-state index contributed by atoms with van der Waals surface area (Å²) >= 11 is 6.64. The van der Waals surface area contributed by atoms with E-state index < -0.39 is 40.0 Å². The number of hydrogen-bond acceptors (Lipinski definition) is 9. The Morgan fingerprint density at radius 3 is 1.55 bits per heavy atom. The van der Waals surface area contributed by atoms with Gasteiger partial charge >= 0.3 is 12.2 Å². The van der Waals surface area contributed by atoms with Crippen LogP contribution in [0.1, 0.15) is 94.2 Å². The molecule has 1 aromatic carbocycles. The molecule has 14 heteroatoms. The van der Waals surface area contributed by atoms with Gasteiger partial charge in [-0.25, -0.2) is 14.6 Å². The van der Waals surface area contributed by atoms with Crippen LogP contribution in [-0.4, -0.2) is 59.5 Å². The summed E-state index contributed by atoms with van der Waals surface area (Å²) in [6.07, 6.45) is -0.414. The number of fused-ring (bicyclic) bond motifs is 1. The lowest BCUT2D eigenvalue weighted by molar-refractivity contribution is 0.0427. The van der Waals surface area contributed by atoms with Gasteiger partial charge in [0, 0.05) is 5.69 Å². The van der Waals surface area contributed by atoms with E-state index in [1.807, 2.05) is 12.1 Å². The van der Waals surface area contributed by atoms with E-state index in [4.69, 9.17) is 29.9 Å². The monoisotopic (exact) mass is 733 g/mol. The molecule has 3 aromatic rings. The largest absolute Gasteiger partial charge is 0.443 e. The maximum atomic E-state index is 13.4. The second kappa shape index (κ2) is 14.1. The number of nitrogens with zero attached hydrogens (tertiary/aromatic N) is 5. The molecule has 0 aliphatic heterocycles. The van der Waals surface area contributed by atoms with E-state index in [1.54, 1.807) is 52.4 Å². The molecule has 0 N–H and O–H groups in total. The van der Waals surface area contributed by atoms with Crippen molar-refractivity contribution in [2.45, 2.75) is 144 Å². The molecule has 2 aromatic heterocycles. The number of benzene rings is 1. The van der Waals surface area contributed by atoms with Gasteiger partial charge in [-0.3, -0.25) is 4.57 Å². The molecule has 3 rings (SSSR count). The van der Waals surface area contributed by atoms with Crippen LogP contribution in [0.15, 0.2) is 24.5 Å². The molecule has 0 saturated carbocycles. The lowest BCUT2D eigenvalue weighted by Crippen LogP contribution is -2.44. The molecular formula is C35H56ClN5O6Si2. The predicted molar refractivity (Wildman–Crippen MR) is 201 cm³/mol. The van der Waals surface area contributed by atoms with E-state index in [9.17, 15) is 9.59 Å². The van der Waals surface area contributed by atoms with Crippen LogP contribution in [-0.2, 0) is 31.5 Å². The van der Waals surface area contributed by atoms with Gasteiger partial charge in [0.1, 0.15) is 23.0 Å². The van der Waals surface area contributed by atoms with Crippen LogP contribution >= 0.6 is 11.6 Å². The minimum Gasteiger partial charge on any atom is -0.443 e. The minimum absolute atomic E-state index is 0.0393. The summed E-state index contributed by atoms with van der Waals surface area (Å²) < 4.78 is 26.1. The number of imidazole rings is 1. The van der Waals surface area contributed by atoms with E-state index in [1.165, 1.54) is 0 Å². The summed E-state index contributed by atoms with van der Waals surface area (Å²) in [5.41, 5.74) is 1.40. The van der Waals surface area contributed by atoms with Crippen molar-refractivity contribution in [2.24, 2.45) is 0 Å². The van der Waals surface area contributed by atoms with Gasteiger partial charge in [-0.15, -0.1) is 4.90 Å². The van der Waals surface area contributed by atoms with Crippen LogP contribution in [0, 0.1) is 0 Å². The van der Waals surface area contributed by atoms with Crippen LogP contribution in [0.4, 0.5) is 15.5 Å². The summed E-state index contributed by atoms with van der Waals surface area (Å²) in [6, 6.07) is 6.14. The maximum absolute atomic E-state index is 13.4. The molecule has 272 valence electrons. The topological polar surface area (TPSA) is 118 Å². The molecule has 2 heterocycles. The molecule has 0 atom stereocenters. The third-order valence-corrected chi connectivity index (χ3v) is 18.0. The van der Waals surface area contributed by atoms with Gasteiger partial charge < -0.3 is 18.3 Å². The number of carbonyl (C=O) groups is 2. The zero-order valence-electron chi connectivity index (χ0n) is 32.3. The Kier molecular flexibility index (Phi) is 11.6. The first kappa shape index (κ1) is 40.6. The summed E-state index contributed by atoms with van der Waals surface area (Å²) in [6.45, 7) is 33.2. The fraction of sp³-hybridized carbons (Fsp3) is 0.629. The van der Waals surface area contributed by atoms with Gasteiger partial charge in [-0.05, 0) is 101 Å². The zero-order valence-corrected chi connectivity index (χ0v) is 35.0. The summed E-state index contributed by atoms with van der Waals surface area (Å²) in [5.74, 6) is -0.304. The average Bonchev–Trinajstić information content (AvgIpc) is 3.32. The van der Waals surface area contributed by atoms with Crippen LogP contribution in [0.5, 0.6) is 0 Å². The number of aromatic nitrogens is 4. The Balaban J connectivity index is 2.20. The third-order valence-electron chi connectivity index (χ3n) is 8.82. The number of amides is 2. The second-order valence-electron chi connectivity index (χ2n) is 17.5. The highest BCUT2D eigenvalue weighted by molar-refractivity contribution is 6.74. The summed E-state index contributed by atoms with van der Waals surface area (Å²) in [4.78, 5) is 40.9. The smallest absolute Gasteiger partial charge is 0.427 e. The molecule has 0 fully saturated rings. The van der Waals surface area contributed by atoms with Gasteiger partial charge in [0.25, 0.3) is 0 Å². The molecule has 2 amide bonds. The van der Waals surface area contributed by atoms with Crippen molar-refractivity contribution in [1.82, 2.24) is 19.5 Å². The SMILES string of the molecule is CC(C)(C)OC(=O)N(C(=O)OC(C)(C)C)c1nc(Cl)c2ncn(-c3cc(CO[Si](C)(C)C(C)(C)C)cc(CO[Si](C)(C)C(C)(C)C)c3)c2n1. The van der Waals surface area contributed by atoms with Gasteiger partial charge in [-0.2, -0.15) is 9.97 Å². The van der Waals surface area contributed by atoms with Gasteiger partial charge in [0.05, 0.1) is 13.2 Å². The summed E-state index contributed by atoms with van der Waals surface area (Å²) in [7, 11) is -4.13. The summed E-state index contributed by atoms with van der Waals surface area (Å²) in [5, 5.41) is 0.0322. The zero-order chi connectivity index (χ0) is 37.5. The van der Waals surface area contributed by atoms with Crippen molar-refractivity contribution < 1.29 is 27.9 Å². The Labute approximate surface area is 299 Å². The molecule has 0 saturated heterocycles. The van der Waals surface area contributed by atoms with Gasteiger partial charge in [-0.1, -0.05) is 59.2 Å². The Morgan fingerprint density at radius 1 is 0.735 bits per heavy atom. The Bertz CT molecular complexity index is 1600. The van der Waals surface area contributed by atoms with E-state index >= 15 is 0 Å². The highest BCUT2D eigenvalue weighted by Crippen LogP contribution is 2.39. The van der Waals surface area contributed by atoms with Crippen molar-refractivity contribution in [2.75, 3.05) is 4.90 Å². The van der Waals surface area contributed by atoms with Crippen molar-refractivity contribution in [3.05, 3.63) is 40.8 Å². The van der Waals surface area contributed by atoms with E-state index in [2.05, 4.69) is 88.7 Å². The highest BCUT2D eigenvalue weighted by Gasteiger charge is 2.39.